The molecule has 0 amide bonds. The van der Waals surface area contributed by atoms with Crippen LogP contribution in [0.15, 0.2) is 24.3 Å². The zero-order valence-corrected chi connectivity index (χ0v) is 12.8. The molecule has 104 valence electrons. The Morgan fingerprint density at radius 1 is 1.30 bits per heavy atom. The summed E-state index contributed by atoms with van der Waals surface area (Å²) in [6.45, 7) is 6.07. The van der Waals surface area contributed by atoms with E-state index in [4.69, 9.17) is 10.5 Å². The van der Waals surface area contributed by atoms with Crippen molar-refractivity contribution in [2.75, 3.05) is 5.73 Å². The fraction of sp³-hybridized carbons (Fsp3) is 0.312. The molecule has 0 unspecified atom stereocenters. The Hall–Kier alpha value is -1.99. The van der Waals surface area contributed by atoms with Crippen LogP contribution in [-0.2, 0) is 6.42 Å². The standard InChI is InChI=1S/C16H18N2OS/c1-4-14-15(13(9-17)16(18)20-14)11-5-7-12(8-6-11)19-10(2)3/h5-8,10H,4,18H2,1-3H3. The number of hydrogen-bond acceptors (Lipinski definition) is 4. The van der Waals surface area contributed by atoms with Gasteiger partial charge in [0.25, 0.3) is 0 Å². The number of nitrogens with zero attached hydrogens (tertiary/aromatic N) is 1. The van der Waals surface area contributed by atoms with Gasteiger partial charge in [-0.25, -0.2) is 0 Å². The first-order chi connectivity index (χ1) is 9.56. The molecule has 3 nitrogen and oxygen atoms in total. The van der Waals surface area contributed by atoms with E-state index < -0.39 is 0 Å². The Morgan fingerprint density at radius 3 is 2.45 bits per heavy atom. The maximum Gasteiger partial charge on any atom is 0.119 e. The molecule has 0 fully saturated rings. The number of ether oxygens (including phenoxy) is 1. The maximum atomic E-state index is 9.29. The van der Waals surface area contributed by atoms with Crippen LogP contribution in [0.25, 0.3) is 11.1 Å². The van der Waals surface area contributed by atoms with E-state index in [1.165, 1.54) is 11.3 Å². The van der Waals surface area contributed by atoms with Gasteiger partial charge < -0.3 is 10.5 Å². The third kappa shape index (κ3) is 2.78. The highest BCUT2D eigenvalue weighted by Gasteiger charge is 2.16. The normalized spacial score (nSPS) is 10.6. The van der Waals surface area contributed by atoms with Crippen molar-refractivity contribution in [2.45, 2.75) is 33.3 Å². The van der Waals surface area contributed by atoms with Gasteiger partial charge in [-0.15, -0.1) is 11.3 Å². The van der Waals surface area contributed by atoms with E-state index in [1.54, 1.807) is 0 Å². The van der Waals surface area contributed by atoms with Crippen molar-refractivity contribution >= 4 is 16.3 Å². The highest BCUT2D eigenvalue weighted by Crippen LogP contribution is 2.38. The lowest BCUT2D eigenvalue weighted by atomic mass is 10.0. The second-order valence-electron chi connectivity index (χ2n) is 4.80. The number of hydrogen-bond donors (Lipinski definition) is 1. The van der Waals surface area contributed by atoms with E-state index >= 15 is 0 Å². The molecule has 0 aliphatic rings. The maximum absolute atomic E-state index is 9.29. The lowest BCUT2D eigenvalue weighted by Crippen LogP contribution is -2.05. The minimum atomic E-state index is 0.151. The summed E-state index contributed by atoms with van der Waals surface area (Å²) in [7, 11) is 0. The summed E-state index contributed by atoms with van der Waals surface area (Å²) in [6, 6.07) is 10.1. The summed E-state index contributed by atoms with van der Waals surface area (Å²) >= 11 is 1.50. The van der Waals surface area contributed by atoms with E-state index in [0.29, 0.717) is 10.6 Å². The van der Waals surface area contributed by atoms with Crippen molar-refractivity contribution in [2.24, 2.45) is 0 Å². The van der Waals surface area contributed by atoms with Crippen molar-refractivity contribution in [3.8, 4) is 22.9 Å². The van der Waals surface area contributed by atoms with Gasteiger partial charge >= 0.3 is 0 Å². The molecule has 0 spiro atoms. The Kier molecular flexibility index (Phi) is 4.31. The van der Waals surface area contributed by atoms with E-state index in [2.05, 4.69) is 13.0 Å². The van der Waals surface area contributed by atoms with Crippen molar-refractivity contribution < 1.29 is 4.74 Å². The molecule has 2 aromatic rings. The highest BCUT2D eigenvalue weighted by atomic mass is 32.1. The summed E-state index contributed by atoms with van der Waals surface area (Å²) in [5.74, 6) is 0.837. The average Bonchev–Trinajstić information content (AvgIpc) is 2.75. The fourth-order valence-electron chi connectivity index (χ4n) is 2.14. The van der Waals surface area contributed by atoms with Gasteiger partial charge in [-0.1, -0.05) is 19.1 Å². The number of rotatable bonds is 4. The van der Waals surface area contributed by atoms with Crippen molar-refractivity contribution in [3.05, 3.63) is 34.7 Å². The molecule has 1 heterocycles. The molecule has 1 aromatic heterocycles. The van der Waals surface area contributed by atoms with E-state index in [1.807, 2.05) is 38.1 Å². The van der Waals surface area contributed by atoms with Crippen LogP contribution in [-0.4, -0.2) is 6.10 Å². The second kappa shape index (κ2) is 5.98. The zero-order chi connectivity index (χ0) is 14.7. The molecule has 0 radical (unpaired) electrons. The van der Waals surface area contributed by atoms with E-state index in [0.717, 1.165) is 28.2 Å². The van der Waals surface area contributed by atoms with E-state index in [9.17, 15) is 5.26 Å². The van der Waals surface area contributed by atoms with Crippen LogP contribution < -0.4 is 10.5 Å². The molecule has 0 atom stereocenters. The number of nitrogens with two attached hydrogens (primary N) is 1. The zero-order valence-electron chi connectivity index (χ0n) is 11.9. The number of thiophene rings is 1. The summed E-state index contributed by atoms with van der Waals surface area (Å²) in [6.07, 6.45) is 1.02. The van der Waals surface area contributed by atoms with Crippen molar-refractivity contribution in [1.82, 2.24) is 0 Å². The number of aryl methyl sites for hydroxylation is 1. The molecule has 1 aromatic carbocycles. The van der Waals surface area contributed by atoms with Gasteiger partial charge in [-0.3, -0.25) is 0 Å². The summed E-state index contributed by atoms with van der Waals surface area (Å²) in [4.78, 5) is 1.15. The molecule has 4 heteroatoms. The van der Waals surface area contributed by atoms with Crippen LogP contribution in [0, 0.1) is 11.3 Å². The minimum absolute atomic E-state index is 0.151. The monoisotopic (exact) mass is 286 g/mol. The lowest BCUT2D eigenvalue weighted by Gasteiger charge is -2.10. The van der Waals surface area contributed by atoms with Gasteiger partial charge in [0.15, 0.2) is 0 Å². The van der Waals surface area contributed by atoms with Gasteiger partial charge in [0.2, 0.25) is 0 Å². The quantitative estimate of drug-likeness (QED) is 0.915. The topological polar surface area (TPSA) is 59.0 Å². The van der Waals surface area contributed by atoms with Crippen LogP contribution in [0.3, 0.4) is 0 Å². The number of anilines is 1. The summed E-state index contributed by atoms with van der Waals surface area (Å²) in [5, 5.41) is 9.89. The molecular weight excluding hydrogens is 268 g/mol. The molecule has 2 rings (SSSR count). The van der Waals surface area contributed by atoms with Gasteiger partial charge in [0, 0.05) is 10.4 Å². The first kappa shape index (κ1) is 14.4. The van der Waals surface area contributed by atoms with Crippen LogP contribution in [0.2, 0.25) is 0 Å². The van der Waals surface area contributed by atoms with Crippen LogP contribution >= 0.6 is 11.3 Å². The number of benzene rings is 1. The molecule has 0 aliphatic carbocycles. The summed E-state index contributed by atoms with van der Waals surface area (Å²) < 4.78 is 5.64. The SMILES string of the molecule is CCc1sc(N)c(C#N)c1-c1ccc(OC(C)C)cc1. The molecule has 0 saturated carbocycles. The largest absolute Gasteiger partial charge is 0.491 e. The van der Waals surface area contributed by atoms with Gasteiger partial charge in [-0.2, -0.15) is 5.26 Å². The number of nitriles is 1. The smallest absolute Gasteiger partial charge is 0.119 e. The van der Waals surface area contributed by atoms with E-state index in [-0.39, 0.29) is 6.10 Å². The third-order valence-corrected chi connectivity index (χ3v) is 4.12. The lowest BCUT2D eigenvalue weighted by molar-refractivity contribution is 0.242. The molecule has 2 N–H and O–H groups in total. The van der Waals surface area contributed by atoms with Crippen LogP contribution in [0.1, 0.15) is 31.2 Å². The molecule has 0 bridgehead atoms. The Labute approximate surface area is 123 Å². The van der Waals surface area contributed by atoms with Crippen molar-refractivity contribution in [1.29, 1.82) is 5.26 Å². The molecule has 20 heavy (non-hydrogen) atoms. The Balaban J connectivity index is 2.44. The predicted octanol–water partition coefficient (Wildman–Crippen LogP) is 4.22. The van der Waals surface area contributed by atoms with Gasteiger partial charge in [-0.05, 0) is 38.0 Å². The van der Waals surface area contributed by atoms with Crippen LogP contribution in [0.5, 0.6) is 5.75 Å². The Morgan fingerprint density at radius 2 is 1.95 bits per heavy atom. The third-order valence-electron chi connectivity index (χ3n) is 2.96. The van der Waals surface area contributed by atoms with Crippen molar-refractivity contribution in [3.63, 3.8) is 0 Å². The fourth-order valence-corrected chi connectivity index (χ4v) is 3.12. The summed E-state index contributed by atoms with van der Waals surface area (Å²) in [5.41, 5.74) is 8.50. The highest BCUT2D eigenvalue weighted by molar-refractivity contribution is 7.16. The Bertz CT molecular complexity index is 636. The molecule has 0 aliphatic heterocycles. The van der Waals surface area contributed by atoms with Gasteiger partial charge in [0.1, 0.15) is 16.8 Å². The minimum Gasteiger partial charge on any atom is -0.491 e. The number of nitrogen functional groups attached to an aromatic ring is 1. The predicted molar refractivity (Wildman–Crippen MR) is 84.0 cm³/mol. The molecule has 0 saturated heterocycles. The molecular formula is C16H18N2OS. The average molecular weight is 286 g/mol. The second-order valence-corrected chi connectivity index (χ2v) is 5.93. The van der Waals surface area contributed by atoms with Gasteiger partial charge in [0.05, 0.1) is 11.7 Å². The first-order valence-corrected chi connectivity index (χ1v) is 7.46. The van der Waals surface area contributed by atoms with Crippen LogP contribution in [0.4, 0.5) is 5.00 Å². The first-order valence-electron chi connectivity index (χ1n) is 6.65.